The molecule has 0 bridgehead atoms. The minimum atomic E-state index is -0.434. The van der Waals surface area contributed by atoms with Crippen LogP contribution in [0.25, 0.3) is 0 Å². The summed E-state index contributed by atoms with van der Waals surface area (Å²) in [6.07, 6.45) is 8.69. The molecule has 26 heavy (non-hydrogen) atoms. The molecule has 0 saturated carbocycles. The van der Waals surface area contributed by atoms with Gasteiger partial charge in [-0.3, -0.25) is 19.5 Å². The number of hydrogen-bond donors (Lipinski definition) is 1. The van der Waals surface area contributed by atoms with Crippen molar-refractivity contribution in [1.82, 2.24) is 14.8 Å². The van der Waals surface area contributed by atoms with E-state index in [9.17, 15) is 9.59 Å². The average Bonchev–Trinajstić information content (AvgIpc) is 2.66. The first-order valence-corrected chi connectivity index (χ1v) is 9.85. The standard InChI is InChI=1S/C20H32N4O2/c1-2-3-8-19(25)24-14-12-23(13-15-24)11-6-4-5-7-18-10-9-17(16-22-18)20(21)26/h9-10,16H,2-8,11-15H2,1H3,(H2,21,26). The molecule has 1 fully saturated rings. The molecule has 1 aliphatic heterocycles. The normalized spacial score (nSPS) is 15.2. The van der Waals surface area contributed by atoms with E-state index in [1.165, 1.54) is 6.42 Å². The van der Waals surface area contributed by atoms with Gasteiger partial charge in [0.2, 0.25) is 11.8 Å². The molecule has 144 valence electrons. The SMILES string of the molecule is CCCCC(=O)N1CCN(CCCCCc2ccc(C(N)=O)cn2)CC1. The van der Waals surface area contributed by atoms with Crippen molar-refractivity contribution in [3.05, 3.63) is 29.6 Å². The summed E-state index contributed by atoms with van der Waals surface area (Å²) in [5.74, 6) is -0.113. The Labute approximate surface area is 156 Å². The van der Waals surface area contributed by atoms with Gasteiger partial charge < -0.3 is 10.6 Å². The number of primary amides is 1. The van der Waals surface area contributed by atoms with E-state index in [0.717, 1.165) is 70.5 Å². The van der Waals surface area contributed by atoms with Gasteiger partial charge in [-0.1, -0.05) is 19.8 Å². The van der Waals surface area contributed by atoms with Gasteiger partial charge in [-0.15, -0.1) is 0 Å². The number of aryl methyl sites for hydroxylation is 1. The summed E-state index contributed by atoms with van der Waals surface area (Å²) in [6, 6.07) is 3.63. The molecule has 6 nitrogen and oxygen atoms in total. The van der Waals surface area contributed by atoms with Gasteiger partial charge in [-0.25, -0.2) is 0 Å². The minimum absolute atomic E-state index is 0.321. The molecular weight excluding hydrogens is 328 g/mol. The van der Waals surface area contributed by atoms with Crippen molar-refractivity contribution in [2.45, 2.75) is 51.9 Å². The molecule has 2 heterocycles. The maximum atomic E-state index is 12.0. The first-order chi connectivity index (χ1) is 12.6. The van der Waals surface area contributed by atoms with Gasteiger partial charge in [-0.2, -0.15) is 0 Å². The highest BCUT2D eigenvalue weighted by atomic mass is 16.2. The summed E-state index contributed by atoms with van der Waals surface area (Å²) >= 11 is 0. The molecule has 1 aliphatic rings. The van der Waals surface area contributed by atoms with E-state index in [1.54, 1.807) is 12.3 Å². The van der Waals surface area contributed by atoms with Crippen LogP contribution in [0.5, 0.6) is 0 Å². The fourth-order valence-corrected chi connectivity index (χ4v) is 3.24. The summed E-state index contributed by atoms with van der Waals surface area (Å²) in [6.45, 7) is 6.96. The van der Waals surface area contributed by atoms with Crippen LogP contribution in [0.15, 0.2) is 18.3 Å². The number of amides is 2. The molecule has 2 N–H and O–H groups in total. The highest BCUT2D eigenvalue weighted by Crippen LogP contribution is 2.09. The van der Waals surface area contributed by atoms with Gasteiger partial charge in [0.1, 0.15) is 0 Å². The lowest BCUT2D eigenvalue weighted by Crippen LogP contribution is -2.48. The van der Waals surface area contributed by atoms with Crippen molar-refractivity contribution in [2.24, 2.45) is 5.73 Å². The van der Waals surface area contributed by atoms with E-state index in [1.807, 2.05) is 11.0 Å². The molecule has 2 rings (SSSR count). The molecule has 0 unspecified atom stereocenters. The smallest absolute Gasteiger partial charge is 0.250 e. The van der Waals surface area contributed by atoms with Crippen LogP contribution in [0.4, 0.5) is 0 Å². The number of aromatic nitrogens is 1. The molecule has 6 heteroatoms. The first-order valence-electron chi connectivity index (χ1n) is 9.85. The Morgan fingerprint density at radius 3 is 2.46 bits per heavy atom. The lowest BCUT2D eigenvalue weighted by Gasteiger charge is -2.34. The fraction of sp³-hybridized carbons (Fsp3) is 0.650. The van der Waals surface area contributed by atoms with Crippen LogP contribution < -0.4 is 5.73 Å². The number of pyridine rings is 1. The zero-order chi connectivity index (χ0) is 18.8. The topological polar surface area (TPSA) is 79.5 Å². The van der Waals surface area contributed by atoms with Gasteiger partial charge >= 0.3 is 0 Å². The van der Waals surface area contributed by atoms with Crippen molar-refractivity contribution in [1.29, 1.82) is 0 Å². The predicted octanol–water partition coefficient (Wildman–Crippen LogP) is 2.23. The Kier molecular flexibility index (Phi) is 8.54. The van der Waals surface area contributed by atoms with E-state index in [4.69, 9.17) is 5.73 Å². The van der Waals surface area contributed by atoms with Gasteiger partial charge in [0.25, 0.3) is 0 Å². The minimum Gasteiger partial charge on any atom is -0.366 e. The molecule has 1 aromatic heterocycles. The first kappa shape index (κ1) is 20.4. The number of carbonyl (C=O) groups is 2. The molecule has 1 aromatic rings. The Balaban J connectivity index is 1.55. The van der Waals surface area contributed by atoms with E-state index < -0.39 is 5.91 Å². The van der Waals surface area contributed by atoms with Crippen molar-refractivity contribution >= 4 is 11.8 Å². The van der Waals surface area contributed by atoms with Crippen molar-refractivity contribution in [3.8, 4) is 0 Å². The molecule has 0 radical (unpaired) electrons. The number of nitrogens with zero attached hydrogens (tertiary/aromatic N) is 3. The third-order valence-electron chi connectivity index (χ3n) is 4.99. The zero-order valence-electron chi connectivity index (χ0n) is 16.0. The Morgan fingerprint density at radius 2 is 1.85 bits per heavy atom. The summed E-state index contributed by atoms with van der Waals surface area (Å²) in [5, 5.41) is 0. The maximum Gasteiger partial charge on any atom is 0.250 e. The van der Waals surface area contributed by atoms with Crippen molar-refractivity contribution < 1.29 is 9.59 Å². The van der Waals surface area contributed by atoms with Crippen molar-refractivity contribution in [3.63, 3.8) is 0 Å². The number of unbranched alkanes of at least 4 members (excludes halogenated alkanes) is 3. The van der Waals surface area contributed by atoms with Gasteiger partial charge in [0, 0.05) is 44.5 Å². The predicted molar refractivity (Wildman–Crippen MR) is 103 cm³/mol. The van der Waals surface area contributed by atoms with E-state index >= 15 is 0 Å². The van der Waals surface area contributed by atoms with Crippen molar-refractivity contribution in [2.75, 3.05) is 32.7 Å². The van der Waals surface area contributed by atoms with Gasteiger partial charge in [-0.05, 0) is 44.4 Å². The van der Waals surface area contributed by atoms with Crippen LogP contribution in [-0.2, 0) is 11.2 Å². The second-order valence-electron chi connectivity index (χ2n) is 7.04. The lowest BCUT2D eigenvalue weighted by molar-refractivity contribution is -0.133. The maximum absolute atomic E-state index is 12.0. The highest BCUT2D eigenvalue weighted by Gasteiger charge is 2.19. The average molecular weight is 361 g/mol. The van der Waals surface area contributed by atoms with E-state index in [0.29, 0.717) is 17.9 Å². The van der Waals surface area contributed by atoms with Crippen LogP contribution in [0.3, 0.4) is 0 Å². The Bertz CT molecular complexity index is 566. The third kappa shape index (κ3) is 6.75. The number of hydrogen-bond acceptors (Lipinski definition) is 4. The fourth-order valence-electron chi connectivity index (χ4n) is 3.24. The van der Waals surface area contributed by atoms with Gasteiger partial charge in [0.15, 0.2) is 0 Å². The molecule has 0 atom stereocenters. The number of piperazine rings is 1. The quantitative estimate of drug-likeness (QED) is 0.649. The Morgan fingerprint density at radius 1 is 1.08 bits per heavy atom. The number of nitrogens with two attached hydrogens (primary N) is 1. The summed E-state index contributed by atoms with van der Waals surface area (Å²) in [5.41, 5.74) is 6.68. The third-order valence-corrected chi connectivity index (χ3v) is 4.99. The van der Waals surface area contributed by atoms with Crippen LogP contribution >= 0.6 is 0 Å². The van der Waals surface area contributed by atoms with E-state index in [-0.39, 0.29) is 0 Å². The molecular formula is C20H32N4O2. The summed E-state index contributed by atoms with van der Waals surface area (Å²) in [7, 11) is 0. The monoisotopic (exact) mass is 360 g/mol. The van der Waals surface area contributed by atoms with Crippen LogP contribution in [-0.4, -0.2) is 59.3 Å². The van der Waals surface area contributed by atoms with Gasteiger partial charge in [0.05, 0.1) is 5.56 Å². The second kappa shape index (κ2) is 10.9. The Hall–Kier alpha value is -1.95. The summed E-state index contributed by atoms with van der Waals surface area (Å²) < 4.78 is 0. The molecule has 0 spiro atoms. The molecule has 1 saturated heterocycles. The second-order valence-corrected chi connectivity index (χ2v) is 7.04. The molecule has 0 aliphatic carbocycles. The van der Waals surface area contributed by atoms with Crippen LogP contribution in [0, 0.1) is 0 Å². The van der Waals surface area contributed by atoms with Crippen LogP contribution in [0.1, 0.15) is 61.5 Å². The lowest BCUT2D eigenvalue weighted by atomic mass is 10.1. The highest BCUT2D eigenvalue weighted by molar-refractivity contribution is 5.92. The van der Waals surface area contributed by atoms with E-state index in [2.05, 4.69) is 16.8 Å². The van der Waals surface area contributed by atoms with Crippen LogP contribution in [0.2, 0.25) is 0 Å². The largest absolute Gasteiger partial charge is 0.366 e. The zero-order valence-corrected chi connectivity index (χ0v) is 16.0. The number of carbonyl (C=O) groups excluding carboxylic acids is 2. The number of rotatable bonds is 10. The summed E-state index contributed by atoms with van der Waals surface area (Å²) in [4.78, 5) is 31.8. The molecule has 0 aromatic carbocycles. The molecule has 2 amide bonds.